The third kappa shape index (κ3) is 4.36. The predicted octanol–water partition coefficient (Wildman–Crippen LogP) is 2.95. The van der Waals surface area contributed by atoms with Crippen LogP contribution < -0.4 is 10.2 Å². The SMILES string of the molecule is CC(=O)Nc1ccc(C(=O)N2CCN(c3ccc(C(C)=O)cc3F)CC2)cc1. The van der Waals surface area contributed by atoms with E-state index in [1.807, 2.05) is 4.90 Å². The molecule has 0 aromatic heterocycles. The smallest absolute Gasteiger partial charge is 0.253 e. The van der Waals surface area contributed by atoms with Gasteiger partial charge in [-0.25, -0.2) is 4.39 Å². The number of nitrogens with one attached hydrogen (secondary N) is 1. The number of piperazine rings is 1. The van der Waals surface area contributed by atoms with E-state index in [-0.39, 0.29) is 17.6 Å². The van der Waals surface area contributed by atoms with Gasteiger partial charge in [-0.15, -0.1) is 0 Å². The van der Waals surface area contributed by atoms with E-state index in [4.69, 9.17) is 0 Å². The van der Waals surface area contributed by atoms with Crippen LogP contribution in [0.1, 0.15) is 34.6 Å². The van der Waals surface area contributed by atoms with E-state index in [1.165, 1.54) is 19.9 Å². The summed E-state index contributed by atoms with van der Waals surface area (Å²) < 4.78 is 14.3. The Labute approximate surface area is 162 Å². The van der Waals surface area contributed by atoms with E-state index >= 15 is 0 Å². The number of anilines is 2. The highest BCUT2D eigenvalue weighted by Crippen LogP contribution is 2.23. The first kappa shape index (κ1) is 19.5. The molecular weight excluding hydrogens is 361 g/mol. The topological polar surface area (TPSA) is 69.7 Å². The molecular formula is C21H22FN3O3. The van der Waals surface area contributed by atoms with E-state index in [9.17, 15) is 18.8 Å². The fourth-order valence-corrected chi connectivity index (χ4v) is 3.21. The molecule has 2 aromatic carbocycles. The van der Waals surface area contributed by atoms with Gasteiger partial charge in [-0.1, -0.05) is 0 Å². The maximum absolute atomic E-state index is 14.3. The normalized spacial score (nSPS) is 14.0. The monoisotopic (exact) mass is 383 g/mol. The zero-order valence-electron chi connectivity index (χ0n) is 15.9. The number of halogens is 1. The van der Waals surface area contributed by atoms with Gasteiger partial charge in [0.2, 0.25) is 5.91 Å². The Morgan fingerprint density at radius 2 is 1.50 bits per heavy atom. The standard InChI is InChI=1S/C21H22FN3O3/c1-14(26)17-5-8-20(19(22)13-17)24-9-11-25(12-10-24)21(28)16-3-6-18(7-4-16)23-15(2)27/h3-8,13H,9-12H2,1-2H3,(H,23,27). The Morgan fingerprint density at radius 3 is 2.04 bits per heavy atom. The van der Waals surface area contributed by atoms with Gasteiger partial charge in [0, 0.05) is 49.9 Å². The minimum Gasteiger partial charge on any atom is -0.366 e. The van der Waals surface area contributed by atoms with E-state index in [1.54, 1.807) is 41.3 Å². The largest absolute Gasteiger partial charge is 0.366 e. The van der Waals surface area contributed by atoms with E-state index < -0.39 is 5.82 Å². The molecule has 0 bridgehead atoms. The number of hydrogen-bond donors (Lipinski definition) is 1. The van der Waals surface area contributed by atoms with Crippen LogP contribution >= 0.6 is 0 Å². The summed E-state index contributed by atoms with van der Waals surface area (Å²) in [6.07, 6.45) is 0. The van der Waals surface area contributed by atoms with Crippen LogP contribution in [0.3, 0.4) is 0 Å². The highest BCUT2D eigenvalue weighted by molar-refractivity contribution is 5.96. The van der Waals surface area contributed by atoms with Gasteiger partial charge in [-0.3, -0.25) is 14.4 Å². The van der Waals surface area contributed by atoms with Gasteiger partial charge in [0.1, 0.15) is 5.82 Å². The van der Waals surface area contributed by atoms with Crippen molar-refractivity contribution < 1.29 is 18.8 Å². The van der Waals surface area contributed by atoms with Gasteiger partial charge in [-0.05, 0) is 49.4 Å². The summed E-state index contributed by atoms with van der Waals surface area (Å²) in [7, 11) is 0. The molecule has 2 aromatic rings. The molecule has 146 valence electrons. The van der Waals surface area contributed by atoms with Gasteiger partial charge in [-0.2, -0.15) is 0 Å². The first-order valence-corrected chi connectivity index (χ1v) is 9.07. The van der Waals surface area contributed by atoms with E-state index in [2.05, 4.69) is 5.32 Å². The number of nitrogens with zero attached hydrogens (tertiary/aromatic N) is 2. The third-order valence-corrected chi connectivity index (χ3v) is 4.71. The first-order chi connectivity index (χ1) is 13.3. The summed E-state index contributed by atoms with van der Waals surface area (Å²) in [6.45, 7) is 4.79. The van der Waals surface area contributed by atoms with Crippen molar-refractivity contribution in [3.05, 3.63) is 59.4 Å². The van der Waals surface area contributed by atoms with Crippen LogP contribution in [0.4, 0.5) is 15.8 Å². The third-order valence-electron chi connectivity index (χ3n) is 4.71. The number of carbonyl (C=O) groups excluding carboxylic acids is 3. The molecule has 7 heteroatoms. The molecule has 0 atom stereocenters. The molecule has 0 aliphatic carbocycles. The summed E-state index contributed by atoms with van der Waals surface area (Å²) in [6, 6.07) is 11.2. The molecule has 1 N–H and O–H groups in total. The van der Waals surface area contributed by atoms with Gasteiger partial charge in [0.05, 0.1) is 5.69 Å². The lowest BCUT2D eigenvalue weighted by atomic mass is 10.1. The Bertz CT molecular complexity index is 904. The van der Waals surface area contributed by atoms with E-state index in [0.29, 0.717) is 48.7 Å². The molecule has 1 saturated heterocycles. The minimum atomic E-state index is -0.430. The second kappa shape index (κ2) is 8.21. The van der Waals surface area contributed by atoms with Crippen molar-refractivity contribution in [1.82, 2.24) is 4.90 Å². The van der Waals surface area contributed by atoms with Gasteiger partial charge >= 0.3 is 0 Å². The first-order valence-electron chi connectivity index (χ1n) is 9.07. The van der Waals surface area contributed by atoms with Crippen LogP contribution in [-0.4, -0.2) is 48.7 Å². The van der Waals surface area contributed by atoms with Crippen molar-refractivity contribution in [3.8, 4) is 0 Å². The Hall–Kier alpha value is -3.22. The second-order valence-corrected chi connectivity index (χ2v) is 6.76. The highest BCUT2D eigenvalue weighted by atomic mass is 19.1. The van der Waals surface area contributed by atoms with Crippen LogP contribution in [0.15, 0.2) is 42.5 Å². The maximum atomic E-state index is 14.3. The molecule has 6 nitrogen and oxygen atoms in total. The summed E-state index contributed by atoms with van der Waals surface area (Å²) in [5.74, 6) is -0.869. The molecule has 0 spiro atoms. The number of Topliss-reactive ketones (excluding diaryl/α,β-unsaturated/α-hetero) is 1. The summed E-state index contributed by atoms with van der Waals surface area (Å²) in [4.78, 5) is 38.7. The fourth-order valence-electron chi connectivity index (χ4n) is 3.21. The molecule has 0 unspecified atom stereocenters. The molecule has 2 amide bonds. The lowest BCUT2D eigenvalue weighted by Crippen LogP contribution is -2.49. The molecule has 0 radical (unpaired) electrons. The Morgan fingerprint density at radius 1 is 0.893 bits per heavy atom. The fraction of sp³-hybridized carbons (Fsp3) is 0.286. The predicted molar refractivity (Wildman–Crippen MR) is 105 cm³/mol. The molecule has 3 rings (SSSR count). The van der Waals surface area contributed by atoms with Gasteiger partial charge < -0.3 is 15.1 Å². The summed E-state index contributed by atoms with van der Waals surface area (Å²) in [5, 5.41) is 2.66. The van der Waals surface area contributed by atoms with Gasteiger partial charge in [0.25, 0.3) is 5.91 Å². The Balaban J connectivity index is 1.62. The van der Waals surface area contributed by atoms with Crippen molar-refractivity contribution in [1.29, 1.82) is 0 Å². The van der Waals surface area contributed by atoms with Crippen LogP contribution in [0.5, 0.6) is 0 Å². The minimum absolute atomic E-state index is 0.0959. The number of carbonyl (C=O) groups is 3. The Kier molecular flexibility index (Phi) is 5.73. The zero-order chi connectivity index (χ0) is 20.3. The lowest BCUT2D eigenvalue weighted by Gasteiger charge is -2.36. The van der Waals surface area contributed by atoms with Crippen molar-refractivity contribution >= 4 is 29.0 Å². The van der Waals surface area contributed by atoms with Crippen molar-refractivity contribution in [2.45, 2.75) is 13.8 Å². The molecule has 0 saturated carbocycles. The number of benzene rings is 2. The number of rotatable bonds is 4. The average Bonchev–Trinajstić information content (AvgIpc) is 2.67. The molecule has 1 heterocycles. The summed E-state index contributed by atoms with van der Waals surface area (Å²) in [5.41, 5.74) is 1.97. The van der Waals surface area contributed by atoms with E-state index in [0.717, 1.165) is 0 Å². The number of amides is 2. The summed E-state index contributed by atoms with van der Waals surface area (Å²) >= 11 is 0. The highest BCUT2D eigenvalue weighted by Gasteiger charge is 2.24. The molecule has 1 aliphatic rings. The zero-order valence-corrected chi connectivity index (χ0v) is 15.9. The van der Waals surface area contributed by atoms with Crippen molar-refractivity contribution in [3.63, 3.8) is 0 Å². The van der Waals surface area contributed by atoms with Gasteiger partial charge in [0.15, 0.2) is 5.78 Å². The van der Waals surface area contributed by atoms with Crippen molar-refractivity contribution in [2.24, 2.45) is 0 Å². The average molecular weight is 383 g/mol. The quantitative estimate of drug-likeness (QED) is 0.825. The van der Waals surface area contributed by atoms with Crippen LogP contribution in [0.25, 0.3) is 0 Å². The van der Waals surface area contributed by atoms with Crippen LogP contribution in [-0.2, 0) is 4.79 Å². The second-order valence-electron chi connectivity index (χ2n) is 6.76. The lowest BCUT2D eigenvalue weighted by molar-refractivity contribution is -0.114. The molecule has 28 heavy (non-hydrogen) atoms. The number of ketones is 1. The maximum Gasteiger partial charge on any atom is 0.253 e. The number of hydrogen-bond acceptors (Lipinski definition) is 4. The van der Waals surface area contributed by atoms with Crippen LogP contribution in [0, 0.1) is 5.82 Å². The molecule has 1 fully saturated rings. The molecule has 1 aliphatic heterocycles. The van der Waals surface area contributed by atoms with Crippen LogP contribution in [0.2, 0.25) is 0 Å². The van der Waals surface area contributed by atoms with Crippen molar-refractivity contribution in [2.75, 3.05) is 36.4 Å².